The zero-order valence-corrected chi connectivity index (χ0v) is 18.0. The van der Waals surface area contributed by atoms with Crippen LogP contribution in [0.4, 0.5) is 18.9 Å². The highest BCUT2D eigenvalue weighted by molar-refractivity contribution is 7.92. The van der Waals surface area contributed by atoms with Gasteiger partial charge in [0.1, 0.15) is 0 Å². The molecule has 3 aromatic rings. The van der Waals surface area contributed by atoms with Gasteiger partial charge in [0.15, 0.2) is 5.69 Å². The van der Waals surface area contributed by atoms with Gasteiger partial charge in [-0.2, -0.15) is 31.1 Å². The van der Waals surface area contributed by atoms with E-state index in [2.05, 4.69) is 15.1 Å². The Morgan fingerprint density at radius 1 is 1.26 bits per heavy atom. The van der Waals surface area contributed by atoms with Crippen molar-refractivity contribution in [3.8, 4) is 0 Å². The molecule has 0 fully saturated rings. The van der Waals surface area contributed by atoms with Crippen LogP contribution in [0.1, 0.15) is 28.7 Å². The van der Waals surface area contributed by atoms with Crippen molar-refractivity contribution in [2.75, 3.05) is 11.3 Å². The van der Waals surface area contributed by atoms with Crippen LogP contribution in [-0.2, 0) is 20.9 Å². The van der Waals surface area contributed by atoms with Gasteiger partial charge in [0.2, 0.25) is 0 Å². The summed E-state index contributed by atoms with van der Waals surface area (Å²) in [4.78, 5) is 19.3. The number of esters is 1. The van der Waals surface area contributed by atoms with Crippen molar-refractivity contribution in [3.05, 3.63) is 45.2 Å². The van der Waals surface area contributed by atoms with E-state index in [1.165, 1.54) is 19.1 Å². The van der Waals surface area contributed by atoms with Gasteiger partial charge in [0.05, 0.1) is 27.9 Å². The number of hydrogen-bond acceptors (Lipinski definition) is 7. The molecule has 0 aliphatic carbocycles. The standard InChI is InChI=1S/C16H12Cl2F3N5O4S/c1-3-30-13(27)8-4-5-9(17)12(11(8)18)25-31(28,29)15-23-14-22-7(2)6-10(16(19,20)21)26(14)24-15/h4-6,25H,3H2,1-2H3. The molecule has 2 aromatic heterocycles. The average molecular weight is 498 g/mol. The lowest BCUT2D eigenvalue weighted by Crippen LogP contribution is -2.17. The summed E-state index contributed by atoms with van der Waals surface area (Å²) in [5.41, 5.74) is -1.88. The summed E-state index contributed by atoms with van der Waals surface area (Å²) in [6.45, 7) is 2.89. The number of sulfonamides is 1. The predicted molar refractivity (Wildman–Crippen MR) is 104 cm³/mol. The van der Waals surface area contributed by atoms with E-state index in [1.54, 1.807) is 6.92 Å². The number of alkyl halides is 3. The van der Waals surface area contributed by atoms with E-state index in [4.69, 9.17) is 27.9 Å². The van der Waals surface area contributed by atoms with Crippen LogP contribution >= 0.6 is 23.2 Å². The summed E-state index contributed by atoms with van der Waals surface area (Å²) in [5.74, 6) is -1.41. The van der Waals surface area contributed by atoms with E-state index in [9.17, 15) is 26.4 Å². The fraction of sp³-hybridized carbons (Fsp3) is 0.250. The summed E-state index contributed by atoms with van der Waals surface area (Å²) in [5, 5.41) is 1.86. The first-order valence-electron chi connectivity index (χ1n) is 8.34. The quantitative estimate of drug-likeness (QED) is 0.533. The molecule has 2 heterocycles. The molecule has 1 aromatic carbocycles. The topological polar surface area (TPSA) is 116 Å². The number of fused-ring (bicyclic) bond motifs is 1. The van der Waals surface area contributed by atoms with Crippen molar-refractivity contribution in [2.45, 2.75) is 25.2 Å². The van der Waals surface area contributed by atoms with Crippen LogP contribution in [-0.4, -0.2) is 40.6 Å². The molecule has 0 aliphatic heterocycles. The maximum Gasteiger partial charge on any atom is 0.433 e. The largest absolute Gasteiger partial charge is 0.462 e. The number of rotatable bonds is 5. The lowest BCUT2D eigenvalue weighted by Gasteiger charge is -2.12. The Bertz CT molecular complexity index is 1290. The first kappa shape index (κ1) is 23.0. The monoisotopic (exact) mass is 497 g/mol. The molecule has 1 N–H and O–H groups in total. The molecule has 9 nitrogen and oxygen atoms in total. The molecule has 31 heavy (non-hydrogen) atoms. The molecule has 0 amide bonds. The van der Waals surface area contributed by atoms with E-state index in [0.717, 1.165) is 0 Å². The van der Waals surface area contributed by atoms with Gasteiger partial charge in [-0.1, -0.05) is 23.2 Å². The van der Waals surface area contributed by atoms with E-state index in [1.807, 2.05) is 4.72 Å². The maximum absolute atomic E-state index is 13.3. The molecular weight excluding hydrogens is 486 g/mol. The summed E-state index contributed by atoms with van der Waals surface area (Å²) < 4.78 is 72.4. The number of nitrogens with one attached hydrogen (secondary N) is 1. The van der Waals surface area contributed by atoms with Gasteiger partial charge in [0, 0.05) is 5.69 Å². The smallest absolute Gasteiger partial charge is 0.433 e. The lowest BCUT2D eigenvalue weighted by molar-refractivity contribution is -0.142. The van der Waals surface area contributed by atoms with Crippen molar-refractivity contribution in [2.24, 2.45) is 0 Å². The van der Waals surface area contributed by atoms with Crippen LogP contribution in [0.15, 0.2) is 23.4 Å². The number of carbonyl (C=O) groups is 1. The summed E-state index contributed by atoms with van der Waals surface area (Å²) in [6, 6.07) is 3.12. The zero-order chi connectivity index (χ0) is 23.1. The van der Waals surface area contributed by atoms with Crippen molar-refractivity contribution >= 4 is 50.7 Å². The molecule has 0 aliphatic rings. The third kappa shape index (κ3) is 4.52. The minimum atomic E-state index is -4.84. The van der Waals surface area contributed by atoms with Gasteiger partial charge >= 0.3 is 12.1 Å². The highest BCUT2D eigenvalue weighted by Gasteiger charge is 2.36. The predicted octanol–water partition coefficient (Wildman–Crippen LogP) is 3.74. The Balaban J connectivity index is 2.09. The van der Waals surface area contributed by atoms with Gasteiger partial charge in [-0.3, -0.25) is 4.72 Å². The highest BCUT2D eigenvalue weighted by atomic mass is 35.5. The Hall–Kier alpha value is -2.64. The van der Waals surface area contributed by atoms with E-state index >= 15 is 0 Å². The Kier molecular flexibility index (Phi) is 6.04. The summed E-state index contributed by atoms with van der Waals surface area (Å²) in [6.07, 6.45) is -4.84. The van der Waals surface area contributed by atoms with Gasteiger partial charge < -0.3 is 4.74 Å². The molecule has 15 heteroatoms. The van der Waals surface area contributed by atoms with Gasteiger partial charge in [-0.15, -0.1) is 5.10 Å². The molecule has 0 radical (unpaired) electrons. The molecule has 0 saturated heterocycles. The highest BCUT2D eigenvalue weighted by Crippen LogP contribution is 2.35. The molecule has 0 bridgehead atoms. The summed E-state index contributed by atoms with van der Waals surface area (Å²) >= 11 is 12.1. The number of benzene rings is 1. The van der Waals surface area contributed by atoms with Gasteiger partial charge in [-0.25, -0.2) is 9.78 Å². The second-order valence-corrected chi connectivity index (χ2v) is 8.36. The van der Waals surface area contributed by atoms with E-state index in [-0.39, 0.29) is 32.4 Å². The van der Waals surface area contributed by atoms with E-state index in [0.29, 0.717) is 6.07 Å². The van der Waals surface area contributed by atoms with Crippen molar-refractivity contribution < 1.29 is 31.1 Å². The third-order valence-corrected chi connectivity index (χ3v) is 5.61. The number of carbonyl (C=O) groups excluding carboxylic acids is 1. The minimum Gasteiger partial charge on any atom is -0.462 e. The Labute approximate surface area is 183 Å². The lowest BCUT2D eigenvalue weighted by atomic mass is 10.2. The molecule has 0 saturated carbocycles. The Morgan fingerprint density at radius 2 is 1.94 bits per heavy atom. The molecule has 0 atom stereocenters. The van der Waals surface area contributed by atoms with Crippen molar-refractivity contribution in [1.82, 2.24) is 19.6 Å². The van der Waals surface area contributed by atoms with E-state index < -0.39 is 44.5 Å². The second kappa shape index (κ2) is 8.13. The second-order valence-electron chi connectivity index (χ2n) is 6.00. The van der Waals surface area contributed by atoms with Crippen LogP contribution < -0.4 is 4.72 Å². The maximum atomic E-state index is 13.3. The first-order chi connectivity index (χ1) is 14.3. The van der Waals surface area contributed by atoms with Crippen LogP contribution in [0.25, 0.3) is 5.78 Å². The molecule has 0 unspecified atom stereocenters. The zero-order valence-electron chi connectivity index (χ0n) is 15.7. The summed E-state index contributed by atoms with van der Waals surface area (Å²) in [7, 11) is -4.67. The fourth-order valence-electron chi connectivity index (χ4n) is 2.48. The molecular formula is C16H12Cl2F3N5O4S. The molecule has 3 rings (SSSR count). The number of aryl methyl sites for hydroxylation is 1. The van der Waals surface area contributed by atoms with Gasteiger partial charge in [-0.05, 0) is 32.0 Å². The number of aromatic nitrogens is 4. The van der Waals surface area contributed by atoms with Crippen molar-refractivity contribution in [3.63, 3.8) is 0 Å². The molecule has 166 valence electrons. The average Bonchev–Trinajstić information content (AvgIpc) is 3.08. The van der Waals surface area contributed by atoms with Crippen LogP contribution in [0.2, 0.25) is 10.0 Å². The van der Waals surface area contributed by atoms with Crippen LogP contribution in [0, 0.1) is 6.92 Å². The number of nitrogens with zero attached hydrogens (tertiary/aromatic N) is 4. The normalized spacial score (nSPS) is 12.2. The molecule has 0 spiro atoms. The van der Waals surface area contributed by atoms with Crippen LogP contribution in [0.5, 0.6) is 0 Å². The minimum absolute atomic E-state index is 0.0397. The number of hydrogen-bond donors (Lipinski definition) is 1. The first-order valence-corrected chi connectivity index (χ1v) is 10.6. The number of ether oxygens (including phenoxy) is 1. The van der Waals surface area contributed by atoms with Crippen molar-refractivity contribution in [1.29, 1.82) is 0 Å². The number of anilines is 1. The number of halogens is 5. The Morgan fingerprint density at radius 3 is 2.55 bits per heavy atom. The van der Waals surface area contributed by atoms with Crippen LogP contribution in [0.3, 0.4) is 0 Å². The third-order valence-electron chi connectivity index (χ3n) is 3.77. The van der Waals surface area contributed by atoms with Gasteiger partial charge in [0.25, 0.3) is 21.0 Å². The SMILES string of the molecule is CCOC(=O)c1ccc(Cl)c(NS(=O)(=O)c2nc3nc(C)cc(C(F)(F)F)n3n2)c1Cl. The fourth-order valence-corrected chi connectivity index (χ4v) is 4.09.